The van der Waals surface area contributed by atoms with E-state index in [1.807, 2.05) is 0 Å². The zero-order valence-electron chi connectivity index (χ0n) is 5.80. The fourth-order valence-corrected chi connectivity index (χ4v) is 2.20. The van der Waals surface area contributed by atoms with Crippen LogP contribution < -0.4 is 0 Å². The number of nitrogens with zero attached hydrogens (tertiary/aromatic N) is 2. The van der Waals surface area contributed by atoms with E-state index in [1.54, 1.807) is 11.9 Å². The maximum absolute atomic E-state index is 11.2. The SMILES string of the molecule is CN1Cc2nc(Cl)sc2C1=O. The van der Waals surface area contributed by atoms with Gasteiger partial charge in [0.25, 0.3) is 5.91 Å². The molecule has 0 unspecified atom stereocenters. The predicted octanol–water partition coefficient (Wildman–Crippen LogP) is 1.38. The third kappa shape index (κ3) is 0.937. The second-order valence-electron chi connectivity index (χ2n) is 2.40. The molecule has 2 heterocycles. The lowest BCUT2D eigenvalue weighted by Crippen LogP contribution is -2.17. The van der Waals surface area contributed by atoms with Gasteiger partial charge in [-0.2, -0.15) is 0 Å². The number of carbonyl (C=O) groups is 1. The van der Waals surface area contributed by atoms with E-state index in [1.165, 1.54) is 11.3 Å². The van der Waals surface area contributed by atoms with Crippen LogP contribution in [0.2, 0.25) is 4.47 Å². The molecule has 0 saturated heterocycles. The lowest BCUT2D eigenvalue weighted by molar-refractivity contribution is 0.0819. The molecule has 3 nitrogen and oxygen atoms in total. The average molecular weight is 189 g/mol. The highest BCUT2D eigenvalue weighted by Crippen LogP contribution is 2.29. The normalized spacial score (nSPS) is 15.8. The lowest BCUT2D eigenvalue weighted by Gasteiger charge is -2.04. The Hall–Kier alpha value is -0.610. The molecule has 0 saturated carbocycles. The Morgan fingerprint density at radius 1 is 1.73 bits per heavy atom. The van der Waals surface area contributed by atoms with Crippen molar-refractivity contribution in [3.8, 4) is 0 Å². The van der Waals surface area contributed by atoms with Crippen molar-refractivity contribution in [2.75, 3.05) is 7.05 Å². The van der Waals surface area contributed by atoms with Gasteiger partial charge in [-0.15, -0.1) is 0 Å². The smallest absolute Gasteiger partial charge is 0.266 e. The van der Waals surface area contributed by atoms with Gasteiger partial charge in [-0.05, 0) is 0 Å². The Labute approximate surface area is 72.6 Å². The van der Waals surface area contributed by atoms with Crippen LogP contribution in [-0.4, -0.2) is 22.8 Å². The summed E-state index contributed by atoms with van der Waals surface area (Å²) in [6, 6.07) is 0. The molecular formula is C6H5ClN2OS. The topological polar surface area (TPSA) is 33.2 Å². The largest absolute Gasteiger partial charge is 0.335 e. The van der Waals surface area contributed by atoms with Crippen LogP contribution in [-0.2, 0) is 6.54 Å². The maximum atomic E-state index is 11.2. The van der Waals surface area contributed by atoms with Crippen molar-refractivity contribution >= 4 is 28.8 Å². The zero-order valence-corrected chi connectivity index (χ0v) is 7.37. The molecule has 1 aliphatic heterocycles. The molecule has 0 N–H and O–H groups in total. The molecule has 58 valence electrons. The highest BCUT2D eigenvalue weighted by molar-refractivity contribution is 7.17. The molecular weight excluding hydrogens is 184 g/mol. The van der Waals surface area contributed by atoms with Gasteiger partial charge in [-0.1, -0.05) is 22.9 Å². The minimum atomic E-state index is 0.0319. The van der Waals surface area contributed by atoms with E-state index in [9.17, 15) is 4.79 Å². The Kier molecular flexibility index (Phi) is 1.40. The van der Waals surface area contributed by atoms with Gasteiger partial charge in [-0.3, -0.25) is 4.79 Å². The first-order valence-corrected chi connectivity index (χ1v) is 4.28. The minimum Gasteiger partial charge on any atom is -0.335 e. The first kappa shape index (κ1) is 7.06. The summed E-state index contributed by atoms with van der Waals surface area (Å²) in [4.78, 5) is 17.6. The third-order valence-corrected chi connectivity index (χ3v) is 2.79. The van der Waals surface area contributed by atoms with Crippen LogP contribution in [0.15, 0.2) is 0 Å². The Balaban J connectivity index is 2.52. The molecule has 0 atom stereocenters. The molecule has 0 radical (unpaired) electrons. The van der Waals surface area contributed by atoms with Gasteiger partial charge in [0.05, 0.1) is 12.2 Å². The van der Waals surface area contributed by atoms with Crippen molar-refractivity contribution in [2.45, 2.75) is 6.54 Å². The number of rotatable bonds is 0. The molecule has 1 aromatic rings. The van der Waals surface area contributed by atoms with Crippen LogP contribution in [0.25, 0.3) is 0 Å². The zero-order chi connectivity index (χ0) is 8.01. The second-order valence-corrected chi connectivity index (χ2v) is 3.99. The number of aromatic nitrogens is 1. The van der Waals surface area contributed by atoms with Gasteiger partial charge in [0.2, 0.25) is 0 Å². The Morgan fingerprint density at radius 2 is 2.45 bits per heavy atom. The predicted molar refractivity (Wildman–Crippen MR) is 42.9 cm³/mol. The molecule has 11 heavy (non-hydrogen) atoms. The molecule has 1 aliphatic rings. The molecule has 2 rings (SSSR count). The summed E-state index contributed by atoms with van der Waals surface area (Å²) in [5, 5.41) is 0. The number of fused-ring (bicyclic) bond motifs is 1. The number of carbonyl (C=O) groups excluding carboxylic acids is 1. The van der Waals surface area contributed by atoms with Gasteiger partial charge >= 0.3 is 0 Å². The van der Waals surface area contributed by atoms with Crippen LogP contribution in [0.5, 0.6) is 0 Å². The van der Waals surface area contributed by atoms with E-state index >= 15 is 0 Å². The minimum absolute atomic E-state index is 0.0319. The van der Waals surface area contributed by atoms with Gasteiger partial charge in [0, 0.05) is 7.05 Å². The first-order valence-electron chi connectivity index (χ1n) is 3.09. The first-order chi connectivity index (χ1) is 5.18. The van der Waals surface area contributed by atoms with Crippen LogP contribution in [0.3, 0.4) is 0 Å². The monoisotopic (exact) mass is 188 g/mol. The number of hydrogen-bond donors (Lipinski definition) is 0. The third-order valence-electron chi connectivity index (χ3n) is 1.60. The van der Waals surface area contributed by atoms with E-state index in [-0.39, 0.29) is 5.91 Å². The maximum Gasteiger partial charge on any atom is 0.266 e. The summed E-state index contributed by atoms with van der Waals surface area (Å²) in [6.45, 7) is 0.595. The molecule has 0 aromatic carbocycles. The second kappa shape index (κ2) is 2.19. The number of halogens is 1. The molecule has 0 spiro atoms. The quantitative estimate of drug-likeness (QED) is 0.617. The summed E-state index contributed by atoms with van der Waals surface area (Å²) in [5.41, 5.74) is 0.813. The van der Waals surface area contributed by atoms with Crippen molar-refractivity contribution < 1.29 is 4.79 Å². The van der Waals surface area contributed by atoms with E-state index in [2.05, 4.69) is 4.98 Å². The van der Waals surface area contributed by atoms with Gasteiger partial charge in [0.1, 0.15) is 4.88 Å². The molecule has 5 heteroatoms. The highest BCUT2D eigenvalue weighted by atomic mass is 35.5. The van der Waals surface area contributed by atoms with Crippen molar-refractivity contribution in [3.05, 3.63) is 15.0 Å². The van der Waals surface area contributed by atoms with E-state index in [0.29, 0.717) is 15.9 Å². The van der Waals surface area contributed by atoms with Crippen molar-refractivity contribution in [3.63, 3.8) is 0 Å². The summed E-state index contributed by atoms with van der Waals surface area (Å²) in [5.74, 6) is 0.0319. The van der Waals surface area contributed by atoms with Crippen LogP contribution in [0.4, 0.5) is 0 Å². The van der Waals surface area contributed by atoms with E-state index < -0.39 is 0 Å². The molecule has 0 bridgehead atoms. The van der Waals surface area contributed by atoms with E-state index in [0.717, 1.165) is 5.69 Å². The van der Waals surface area contributed by atoms with Gasteiger partial charge in [0.15, 0.2) is 4.47 Å². The van der Waals surface area contributed by atoms with Gasteiger partial charge in [-0.25, -0.2) is 4.98 Å². The fraction of sp³-hybridized carbons (Fsp3) is 0.333. The van der Waals surface area contributed by atoms with Crippen LogP contribution >= 0.6 is 22.9 Å². The summed E-state index contributed by atoms with van der Waals surface area (Å²) in [6.07, 6.45) is 0. The number of amides is 1. The van der Waals surface area contributed by atoms with Crippen molar-refractivity contribution in [1.82, 2.24) is 9.88 Å². The number of thiazole rings is 1. The fourth-order valence-electron chi connectivity index (χ4n) is 1.07. The highest BCUT2D eigenvalue weighted by Gasteiger charge is 2.28. The van der Waals surface area contributed by atoms with Crippen LogP contribution in [0.1, 0.15) is 15.4 Å². The Morgan fingerprint density at radius 3 is 3.09 bits per heavy atom. The summed E-state index contributed by atoms with van der Waals surface area (Å²) < 4.78 is 0.455. The Bertz CT molecular complexity index is 322. The van der Waals surface area contributed by atoms with Crippen molar-refractivity contribution in [2.24, 2.45) is 0 Å². The molecule has 0 fully saturated rings. The standard InChI is InChI=1S/C6H5ClN2OS/c1-9-2-3-4(5(9)10)11-6(7)8-3/h2H2,1H3. The van der Waals surface area contributed by atoms with Crippen LogP contribution in [0, 0.1) is 0 Å². The summed E-state index contributed by atoms with van der Waals surface area (Å²) >= 11 is 6.88. The lowest BCUT2D eigenvalue weighted by atomic mass is 10.4. The van der Waals surface area contributed by atoms with Gasteiger partial charge < -0.3 is 4.90 Å². The molecule has 1 amide bonds. The molecule has 1 aromatic heterocycles. The average Bonchev–Trinajstić information content (AvgIpc) is 2.37. The van der Waals surface area contributed by atoms with E-state index in [4.69, 9.17) is 11.6 Å². The van der Waals surface area contributed by atoms with Crippen molar-refractivity contribution in [1.29, 1.82) is 0 Å². The number of hydrogen-bond acceptors (Lipinski definition) is 3. The summed E-state index contributed by atoms with van der Waals surface area (Å²) in [7, 11) is 1.75. The molecule has 0 aliphatic carbocycles.